The van der Waals surface area contributed by atoms with Gasteiger partial charge in [-0.3, -0.25) is 14.2 Å². The number of fused-ring (bicyclic) bond motifs is 1. The number of nitrogens with one attached hydrogen (secondary N) is 1. The van der Waals surface area contributed by atoms with Gasteiger partial charge in [-0.2, -0.15) is 0 Å². The zero-order chi connectivity index (χ0) is 20.3. The van der Waals surface area contributed by atoms with E-state index < -0.39 is 0 Å². The number of hydrogen-bond acceptors (Lipinski definition) is 4. The molecule has 0 fully saturated rings. The molecule has 1 N–H and O–H groups in total. The Balaban J connectivity index is 1.83. The number of hydrogen-bond donors (Lipinski definition) is 1. The number of anilines is 1. The van der Waals surface area contributed by atoms with Gasteiger partial charge in [-0.15, -0.1) is 0 Å². The van der Waals surface area contributed by atoms with Gasteiger partial charge in [0, 0.05) is 16.6 Å². The Morgan fingerprint density at radius 1 is 1.14 bits per heavy atom. The van der Waals surface area contributed by atoms with Gasteiger partial charge in [0.2, 0.25) is 5.91 Å². The summed E-state index contributed by atoms with van der Waals surface area (Å²) in [5.41, 5.74) is 0.835. The average Bonchev–Trinajstić information content (AvgIpc) is 2.65. The molecule has 0 aliphatic carbocycles. The number of thioether (sulfide) groups is 1. The Hall–Kier alpha value is -1.73. The standard InChI is InChI=1S/C19H16Cl3N3O2S/c1-2-7-25-18(27)13-5-3-12(21)9-16(13)24-19(25)28-10-17(26)23-15-6-4-11(20)8-14(15)22/h3-6,8-9H,2,7,10H2,1H3,(H,23,26). The summed E-state index contributed by atoms with van der Waals surface area (Å²) in [5, 5.41) is 5.04. The molecule has 146 valence electrons. The maximum Gasteiger partial charge on any atom is 0.262 e. The van der Waals surface area contributed by atoms with Gasteiger partial charge in [-0.05, 0) is 42.8 Å². The lowest BCUT2D eigenvalue weighted by atomic mass is 10.2. The smallest absolute Gasteiger partial charge is 0.262 e. The zero-order valence-electron chi connectivity index (χ0n) is 14.8. The van der Waals surface area contributed by atoms with Gasteiger partial charge in [-0.25, -0.2) is 4.98 Å². The Bertz CT molecular complexity index is 1100. The molecule has 1 heterocycles. The fourth-order valence-electron chi connectivity index (χ4n) is 2.61. The molecule has 1 aromatic heterocycles. The quantitative estimate of drug-likeness (QED) is 0.393. The van der Waals surface area contributed by atoms with Crippen molar-refractivity contribution in [2.24, 2.45) is 0 Å². The lowest BCUT2D eigenvalue weighted by molar-refractivity contribution is -0.113. The molecule has 0 unspecified atom stereocenters. The largest absolute Gasteiger partial charge is 0.324 e. The monoisotopic (exact) mass is 455 g/mol. The van der Waals surface area contributed by atoms with E-state index in [-0.39, 0.29) is 17.2 Å². The number of carbonyl (C=O) groups is 1. The highest BCUT2D eigenvalue weighted by Gasteiger charge is 2.14. The van der Waals surface area contributed by atoms with Gasteiger partial charge in [0.1, 0.15) is 0 Å². The van der Waals surface area contributed by atoms with Crippen LogP contribution < -0.4 is 10.9 Å². The lowest BCUT2D eigenvalue weighted by Gasteiger charge is -2.12. The van der Waals surface area contributed by atoms with E-state index in [0.29, 0.717) is 43.4 Å². The minimum Gasteiger partial charge on any atom is -0.324 e. The topological polar surface area (TPSA) is 64.0 Å². The number of aromatic nitrogens is 2. The van der Waals surface area contributed by atoms with Crippen molar-refractivity contribution in [2.75, 3.05) is 11.1 Å². The van der Waals surface area contributed by atoms with Crippen LogP contribution in [0, 0.1) is 0 Å². The second kappa shape index (κ2) is 9.18. The minimum atomic E-state index is -0.266. The Morgan fingerprint density at radius 3 is 2.57 bits per heavy atom. The van der Waals surface area contributed by atoms with Crippen LogP contribution in [0.5, 0.6) is 0 Å². The molecule has 0 saturated heterocycles. The van der Waals surface area contributed by atoms with Gasteiger partial charge in [-0.1, -0.05) is 53.5 Å². The lowest BCUT2D eigenvalue weighted by Crippen LogP contribution is -2.24. The molecule has 0 bridgehead atoms. The first kappa shape index (κ1) is 21.0. The molecule has 28 heavy (non-hydrogen) atoms. The number of rotatable bonds is 6. The van der Waals surface area contributed by atoms with Crippen molar-refractivity contribution >= 4 is 69.1 Å². The molecular formula is C19H16Cl3N3O2S. The van der Waals surface area contributed by atoms with Crippen LogP contribution in [-0.4, -0.2) is 21.2 Å². The third-order valence-corrected chi connectivity index (χ3v) is 5.63. The summed E-state index contributed by atoms with van der Waals surface area (Å²) in [6.45, 7) is 2.49. The summed E-state index contributed by atoms with van der Waals surface area (Å²) in [5.74, 6) is -0.195. The van der Waals surface area contributed by atoms with E-state index in [9.17, 15) is 9.59 Å². The van der Waals surface area contributed by atoms with Crippen LogP contribution in [0.4, 0.5) is 5.69 Å². The van der Waals surface area contributed by atoms with Gasteiger partial charge in [0.15, 0.2) is 5.16 Å². The van der Waals surface area contributed by atoms with Gasteiger partial charge < -0.3 is 5.32 Å². The molecule has 1 amide bonds. The number of amides is 1. The molecule has 0 aliphatic rings. The van der Waals surface area contributed by atoms with E-state index in [2.05, 4.69) is 10.3 Å². The van der Waals surface area contributed by atoms with Gasteiger partial charge >= 0.3 is 0 Å². The van der Waals surface area contributed by atoms with Crippen molar-refractivity contribution in [2.45, 2.75) is 25.0 Å². The van der Waals surface area contributed by atoms with Crippen LogP contribution in [0.3, 0.4) is 0 Å². The molecule has 0 radical (unpaired) electrons. The Morgan fingerprint density at radius 2 is 1.86 bits per heavy atom. The molecule has 0 aliphatic heterocycles. The predicted molar refractivity (Wildman–Crippen MR) is 117 cm³/mol. The number of halogens is 3. The van der Waals surface area contributed by atoms with E-state index in [1.54, 1.807) is 41.0 Å². The third kappa shape index (κ3) is 4.81. The second-order valence-electron chi connectivity index (χ2n) is 5.97. The van der Waals surface area contributed by atoms with Crippen LogP contribution in [0.2, 0.25) is 15.1 Å². The molecular weight excluding hydrogens is 441 g/mol. The van der Waals surface area contributed by atoms with Crippen LogP contribution in [0.1, 0.15) is 13.3 Å². The summed E-state index contributed by atoms with van der Waals surface area (Å²) < 4.78 is 1.59. The SMILES string of the molecule is CCCn1c(SCC(=O)Nc2ccc(Cl)cc2Cl)nc2cc(Cl)ccc2c1=O. The van der Waals surface area contributed by atoms with Crippen LogP contribution in [0.25, 0.3) is 10.9 Å². The van der Waals surface area contributed by atoms with E-state index in [1.807, 2.05) is 6.92 Å². The van der Waals surface area contributed by atoms with E-state index in [1.165, 1.54) is 11.8 Å². The average molecular weight is 457 g/mol. The number of nitrogens with zero attached hydrogens (tertiary/aromatic N) is 2. The van der Waals surface area contributed by atoms with Crippen LogP contribution >= 0.6 is 46.6 Å². The van der Waals surface area contributed by atoms with Crippen molar-refractivity contribution in [3.8, 4) is 0 Å². The molecule has 0 atom stereocenters. The van der Waals surface area contributed by atoms with Crippen molar-refractivity contribution in [1.82, 2.24) is 9.55 Å². The first-order valence-electron chi connectivity index (χ1n) is 8.47. The van der Waals surface area contributed by atoms with Crippen LogP contribution in [0.15, 0.2) is 46.3 Å². The zero-order valence-corrected chi connectivity index (χ0v) is 17.9. The Kier molecular flexibility index (Phi) is 6.88. The molecule has 9 heteroatoms. The molecule has 0 spiro atoms. The van der Waals surface area contributed by atoms with Crippen molar-refractivity contribution < 1.29 is 4.79 Å². The Labute approximate surface area is 181 Å². The first-order chi connectivity index (χ1) is 13.4. The minimum absolute atomic E-state index is 0.0706. The van der Waals surface area contributed by atoms with E-state index >= 15 is 0 Å². The summed E-state index contributed by atoms with van der Waals surface area (Å²) in [6, 6.07) is 9.81. The fraction of sp³-hybridized carbons (Fsp3) is 0.211. The first-order valence-corrected chi connectivity index (χ1v) is 10.6. The molecule has 2 aromatic carbocycles. The van der Waals surface area contributed by atoms with E-state index in [4.69, 9.17) is 34.8 Å². The summed E-state index contributed by atoms with van der Waals surface area (Å²) >= 11 is 19.2. The molecule has 3 aromatic rings. The van der Waals surface area contributed by atoms with Crippen molar-refractivity contribution in [3.05, 3.63) is 61.8 Å². The molecule has 5 nitrogen and oxygen atoms in total. The van der Waals surface area contributed by atoms with Crippen LogP contribution in [-0.2, 0) is 11.3 Å². The van der Waals surface area contributed by atoms with Gasteiger partial charge in [0.25, 0.3) is 5.56 Å². The third-order valence-electron chi connectivity index (χ3n) is 3.87. The highest BCUT2D eigenvalue weighted by Crippen LogP contribution is 2.26. The van der Waals surface area contributed by atoms with Gasteiger partial charge in [0.05, 0.1) is 27.4 Å². The van der Waals surface area contributed by atoms with Crippen molar-refractivity contribution in [3.63, 3.8) is 0 Å². The highest BCUT2D eigenvalue weighted by molar-refractivity contribution is 7.99. The summed E-state index contributed by atoms with van der Waals surface area (Å²) in [6.07, 6.45) is 0.765. The number of benzene rings is 2. The predicted octanol–water partition coefficient (Wildman–Crippen LogP) is 5.50. The van der Waals surface area contributed by atoms with E-state index in [0.717, 1.165) is 6.42 Å². The maximum atomic E-state index is 12.8. The maximum absolute atomic E-state index is 12.8. The molecule has 0 saturated carbocycles. The summed E-state index contributed by atoms with van der Waals surface area (Å²) in [7, 11) is 0. The number of carbonyl (C=O) groups excluding carboxylic acids is 1. The fourth-order valence-corrected chi connectivity index (χ4v) is 4.06. The van der Waals surface area contributed by atoms with Crippen molar-refractivity contribution in [1.29, 1.82) is 0 Å². The second-order valence-corrected chi connectivity index (χ2v) is 8.20. The molecule has 3 rings (SSSR count). The normalized spacial score (nSPS) is 11.0. The highest BCUT2D eigenvalue weighted by atomic mass is 35.5. The summed E-state index contributed by atoms with van der Waals surface area (Å²) in [4.78, 5) is 29.7.